The van der Waals surface area contributed by atoms with Crippen molar-refractivity contribution in [3.8, 4) is 0 Å². The zero-order valence-electron chi connectivity index (χ0n) is 9.74. The normalized spacial score (nSPS) is 21.2. The van der Waals surface area contributed by atoms with E-state index >= 15 is 0 Å². The molecule has 2 rings (SSSR count). The minimum atomic E-state index is -3.50. The van der Waals surface area contributed by atoms with Gasteiger partial charge in [-0.05, 0) is 24.8 Å². The zero-order chi connectivity index (χ0) is 13.2. The van der Waals surface area contributed by atoms with Crippen molar-refractivity contribution in [1.82, 2.24) is 14.5 Å². The number of aromatic amines is 1. The highest BCUT2D eigenvalue weighted by Gasteiger charge is 2.33. The van der Waals surface area contributed by atoms with Crippen LogP contribution < -0.4 is 0 Å². The number of H-pyrrole nitrogens is 1. The zero-order valence-corrected chi connectivity index (χ0v) is 10.6. The first-order valence-corrected chi connectivity index (χ1v) is 7.15. The monoisotopic (exact) mass is 273 g/mol. The molecule has 2 heterocycles. The van der Waals surface area contributed by atoms with Crippen LogP contribution in [0.25, 0.3) is 0 Å². The van der Waals surface area contributed by atoms with E-state index in [-0.39, 0.29) is 17.4 Å². The van der Waals surface area contributed by atoms with Gasteiger partial charge in [-0.3, -0.25) is 9.89 Å². The average molecular weight is 273 g/mol. The van der Waals surface area contributed by atoms with Gasteiger partial charge in [0.15, 0.2) is 5.03 Å². The summed E-state index contributed by atoms with van der Waals surface area (Å²) in [4.78, 5) is 10.5. The number of aliphatic carboxylic acids is 1. The Morgan fingerprint density at radius 2 is 2.39 bits per heavy atom. The molecule has 1 fully saturated rings. The second-order valence-electron chi connectivity index (χ2n) is 4.37. The lowest BCUT2D eigenvalue weighted by atomic mass is 10.0. The Kier molecular flexibility index (Phi) is 3.67. The summed E-state index contributed by atoms with van der Waals surface area (Å²) in [5.41, 5.74) is 0. The lowest BCUT2D eigenvalue weighted by molar-refractivity contribution is -0.137. The average Bonchev–Trinajstić information content (AvgIpc) is 2.98. The maximum absolute atomic E-state index is 12.1. The second kappa shape index (κ2) is 5.07. The minimum absolute atomic E-state index is 0.0846. The molecule has 1 aliphatic rings. The van der Waals surface area contributed by atoms with Crippen LogP contribution in [-0.4, -0.2) is 47.1 Å². The lowest BCUT2D eigenvalue weighted by Gasteiger charge is -2.14. The molecule has 1 saturated heterocycles. The molecule has 0 aliphatic carbocycles. The summed E-state index contributed by atoms with van der Waals surface area (Å²) >= 11 is 0. The second-order valence-corrected chi connectivity index (χ2v) is 6.28. The van der Waals surface area contributed by atoms with Crippen LogP contribution in [0.5, 0.6) is 0 Å². The highest BCUT2D eigenvalue weighted by Crippen LogP contribution is 2.25. The number of nitrogens with one attached hydrogen (secondary N) is 1. The van der Waals surface area contributed by atoms with Gasteiger partial charge >= 0.3 is 5.97 Å². The topological polar surface area (TPSA) is 103 Å². The van der Waals surface area contributed by atoms with Crippen LogP contribution in [0.1, 0.15) is 19.3 Å². The van der Waals surface area contributed by atoms with Crippen molar-refractivity contribution in [2.24, 2.45) is 5.92 Å². The molecule has 8 heteroatoms. The summed E-state index contributed by atoms with van der Waals surface area (Å²) in [5.74, 6) is -0.719. The Bertz CT molecular complexity index is 511. The first-order valence-electron chi connectivity index (χ1n) is 5.71. The molecule has 1 atom stereocenters. The van der Waals surface area contributed by atoms with Crippen molar-refractivity contribution in [2.45, 2.75) is 24.3 Å². The van der Waals surface area contributed by atoms with E-state index in [9.17, 15) is 13.2 Å². The van der Waals surface area contributed by atoms with Crippen LogP contribution in [0.2, 0.25) is 0 Å². The van der Waals surface area contributed by atoms with E-state index in [4.69, 9.17) is 5.11 Å². The molecule has 18 heavy (non-hydrogen) atoms. The third kappa shape index (κ3) is 2.70. The predicted molar refractivity (Wildman–Crippen MR) is 62.3 cm³/mol. The fourth-order valence-corrected chi connectivity index (χ4v) is 3.54. The van der Waals surface area contributed by atoms with Gasteiger partial charge in [-0.15, -0.1) is 0 Å². The van der Waals surface area contributed by atoms with Gasteiger partial charge in [-0.2, -0.15) is 9.40 Å². The molecular formula is C10H15N3O4S. The SMILES string of the molecule is O=C(O)CCC1CCN(S(=O)(=O)c2ccn[nH]2)C1. The number of hydrogen-bond acceptors (Lipinski definition) is 4. The quantitative estimate of drug-likeness (QED) is 0.802. The highest BCUT2D eigenvalue weighted by atomic mass is 32.2. The van der Waals surface area contributed by atoms with Crippen molar-refractivity contribution in [3.05, 3.63) is 12.3 Å². The van der Waals surface area contributed by atoms with Gasteiger partial charge in [-0.1, -0.05) is 0 Å². The molecule has 1 aromatic heterocycles. The van der Waals surface area contributed by atoms with Gasteiger partial charge in [-0.25, -0.2) is 8.42 Å². The minimum Gasteiger partial charge on any atom is -0.481 e. The van der Waals surface area contributed by atoms with Gasteiger partial charge in [0.2, 0.25) is 0 Å². The molecule has 0 amide bonds. The third-order valence-corrected chi connectivity index (χ3v) is 4.90. The van der Waals surface area contributed by atoms with E-state index in [1.165, 1.54) is 16.6 Å². The number of aromatic nitrogens is 2. The summed E-state index contributed by atoms with van der Waals surface area (Å²) < 4.78 is 25.6. The number of carboxylic acids is 1. The Labute approximate surface area is 105 Å². The summed E-state index contributed by atoms with van der Waals surface area (Å²) in [6, 6.07) is 1.42. The Morgan fingerprint density at radius 3 is 3.00 bits per heavy atom. The summed E-state index contributed by atoms with van der Waals surface area (Å²) in [7, 11) is -3.50. The van der Waals surface area contributed by atoms with Crippen LogP contribution in [0, 0.1) is 5.92 Å². The fraction of sp³-hybridized carbons (Fsp3) is 0.600. The Morgan fingerprint density at radius 1 is 1.61 bits per heavy atom. The Hall–Kier alpha value is -1.41. The molecule has 1 aliphatic heterocycles. The van der Waals surface area contributed by atoms with E-state index in [1.807, 2.05) is 0 Å². The first-order chi connectivity index (χ1) is 8.50. The van der Waals surface area contributed by atoms with Crippen molar-refractivity contribution in [1.29, 1.82) is 0 Å². The molecule has 7 nitrogen and oxygen atoms in total. The standard InChI is InChI=1S/C10H15N3O4S/c14-10(15)2-1-8-4-6-13(7-8)18(16,17)9-3-5-11-12-9/h3,5,8H,1-2,4,6-7H2,(H,11,12)(H,14,15). The van der Waals surface area contributed by atoms with Crippen molar-refractivity contribution in [3.63, 3.8) is 0 Å². The molecule has 0 spiro atoms. The largest absolute Gasteiger partial charge is 0.481 e. The van der Waals surface area contributed by atoms with Gasteiger partial charge in [0.05, 0.1) is 6.20 Å². The van der Waals surface area contributed by atoms with Gasteiger partial charge in [0.1, 0.15) is 0 Å². The van der Waals surface area contributed by atoms with E-state index in [1.54, 1.807) is 0 Å². The fourth-order valence-electron chi connectivity index (χ4n) is 2.10. The number of rotatable bonds is 5. The molecule has 100 valence electrons. The molecule has 1 unspecified atom stereocenters. The van der Waals surface area contributed by atoms with Crippen molar-refractivity contribution >= 4 is 16.0 Å². The van der Waals surface area contributed by atoms with Crippen LogP contribution >= 0.6 is 0 Å². The van der Waals surface area contributed by atoms with Crippen LogP contribution in [0.4, 0.5) is 0 Å². The molecule has 0 bridgehead atoms. The maximum Gasteiger partial charge on any atom is 0.303 e. The van der Waals surface area contributed by atoms with Crippen LogP contribution in [0.15, 0.2) is 17.3 Å². The first kappa shape index (κ1) is 13.0. The number of carbonyl (C=O) groups is 1. The van der Waals surface area contributed by atoms with E-state index < -0.39 is 16.0 Å². The summed E-state index contributed by atoms with van der Waals surface area (Å²) in [5, 5.41) is 14.8. The number of carboxylic acid groups (broad SMARTS) is 1. The number of nitrogens with zero attached hydrogens (tertiary/aromatic N) is 2. The van der Waals surface area contributed by atoms with Gasteiger partial charge in [0.25, 0.3) is 10.0 Å². The van der Waals surface area contributed by atoms with E-state index in [0.29, 0.717) is 25.9 Å². The van der Waals surface area contributed by atoms with Crippen molar-refractivity contribution in [2.75, 3.05) is 13.1 Å². The summed E-state index contributed by atoms with van der Waals surface area (Å²) in [6.07, 6.45) is 2.71. The summed E-state index contributed by atoms with van der Waals surface area (Å²) in [6.45, 7) is 0.820. The third-order valence-electron chi connectivity index (χ3n) is 3.11. The number of sulfonamides is 1. The molecule has 0 aromatic carbocycles. The maximum atomic E-state index is 12.1. The smallest absolute Gasteiger partial charge is 0.303 e. The molecular weight excluding hydrogens is 258 g/mol. The predicted octanol–water partition coefficient (Wildman–Crippen LogP) is 0.285. The number of hydrogen-bond donors (Lipinski definition) is 2. The molecule has 0 radical (unpaired) electrons. The van der Waals surface area contributed by atoms with Gasteiger partial charge < -0.3 is 5.11 Å². The Balaban J connectivity index is 1.99. The lowest BCUT2D eigenvalue weighted by Crippen LogP contribution is -2.29. The van der Waals surface area contributed by atoms with Crippen LogP contribution in [0.3, 0.4) is 0 Å². The molecule has 1 aromatic rings. The van der Waals surface area contributed by atoms with E-state index in [2.05, 4.69) is 10.2 Å². The van der Waals surface area contributed by atoms with E-state index in [0.717, 1.165) is 0 Å². The van der Waals surface area contributed by atoms with Crippen LogP contribution in [-0.2, 0) is 14.8 Å². The molecule has 0 saturated carbocycles. The molecule has 2 N–H and O–H groups in total. The van der Waals surface area contributed by atoms with Gasteiger partial charge in [0, 0.05) is 19.5 Å². The highest BCUT2D eigenvalue weighted by molar-refractivity contribution is 7.89. The van der Waals surface area contributed by atoms with Crippen molar-refractivity contribution < 1.29 is 18.3 Å².